The number of halogens is 1. The van der Waals surface area contributed by atoms with Crippen LogP contribution in [0.1, 0.15) is 50.1 Å². The molecule has 0 N–H and O–H groups in total. The van der Waals surface area contributed by atoms with Gasteiger partial charge in [0.05, 0.1) is 0 Å². The average molecular weight is 634 g/mol. The summed E-state index contributed by atoms with van der Waals surface area (Å²) in [7, 11) is 0. The molecule has 1 aliphatic heterocycles. The summed E-state index contributed by atoms with van der Waals surface area (Å²) in [5.41, 5.74) is 16.3. The molecule has 4 aromatic rings. The van der Waals surface area contributed by atoms with Gasteiger partial charge in [-0.15, -0.1) is 12.4 Å². The van der Waals surface area contributed by atoms with Crippen molar-refractivity contribution in [2.75, 3.05) is 22.9 Å². The van der Waals surface area contributed by atoms with Gasteiger partial charge in [-0.05, 0) is 0 Å². The standard InChI is InChI=1S/C21H26N2.C15H10.ClH.Ru/c1-14-9-16(3)20(17(4)10-14)22-7-8-23(13-22)21-18(5)11-15(2)12-19(21)6;1-2-6-12(7-3-1)15-11-10-13-8-4-5-9-14(13)15;;/h9-12H,7-8H2,1-6H3;1-9,11H;1H;. The first kappa shape index (κ1) is 28.4. The molecule has 0 radical (unpaired) electrons. The van der Waals surface area contributed by atoms with Crippen LogP contribution in [0.25, 0.3) is 5.57 Å². The zero-order valence-electron chi connectivity index (χ0n) is 24.2. The summed E-state index contributed by atoms with van der Waals surface area (Å²) < 4.78 is 2.94. The molecule has 0 atom stereocenters. The Balaban J connectivity index is 0.00000323. The van der Waals surface area contributed by atoms with E-state index in [-0.39, 0.29) is 28.6 Å². The maximum absolute atomic E-state index is 2.64. The Labute approximate surface area is 252 Å². The maximum atomic E-state index is 2.64. The zero-order chi connectivity index (χ0) is 27.3. The number of allylic oxidation sites excluding steroid dienone is 1. The second kappa shape index (κ2) is 11.4. The van der Waals surface area contributed by atoms with Gasteiger partial charge in [-0.3, -0.25) is 0 Å². The molecule has 2 aliphatic rings. The molecular weight excluding hydrogens is 597 g/mol. The van der Waals surface area contributed by atoms with Crippen molar-refractivity contribution >= 4 is 37.8 Å². The van der Waals surface area contributed by atoms with E-state index in [1.807, 2.05) is 0 Å². The van der Waals surface area contributed by atoms with E-state index in [0.29, 0.717) is 0 Å². The van der Waals surface area contributed by atoms with Gasteiger partial charge in [-0.1, -0.05) is 0 Å². The minimum Gasteiger partial charge on any atom is -0.147 e. The van der Waals surface area contributed by atoms with E-state index in [4.69, 9.17) is 0 Å². The first-order valence-electron chi connectivity index (χ1n) is 13.8. The SMILES string of the molecule is Cc1cc(C)c(N2CCN(c3c(C)cc(C)cc3C)[C]2=[Ru]=[C]2C=C(c3ccccc3)c3ccccc32)c(C)c1.Cl. The molecule has 1 fully saturated rings. The monoisotopic (exact) mass is 634 g/mol. The van der Waals surface area contributed by atoms with E-state index in [2.05, 4.69) is 136 Å². The molecule has 2 nitrogen and oxygen atoms in total. The molecule has 0 spiro atoms. The average Bonchev–Trinajstić information content (AvgIpc) is 3.46. The van der Waals surface area contributed by atoms with Crippen molar-refractivity contribution in [3.05, 3.63) is 135 Å². The third kappa shape index (κ3) is 5.07. The number of fused-ring (bicyclic) bond motifs is 1. The molecule has 4 aromatic carbocycles. The summed E-state index contributed by atoms with van der Waals surface area (Å²) >= 11 is -0.233. The molecule has 0 saturated carbocycles. The fraction of sp³-hybridized carbons (Fsp3) is 0.222. The molecule has 6 rings (SSSR count). The van der Waals surface area contributed by atoms with Gasteiger partial charge < -0.3 is 0 Å². The van der Waals surface area contributed by atoms with Gasteiger partial charge in [0, 0.05) is 0 Å². The van der Waals surface area contributed by atoms with Crippen molar-refractivity contribution in [2.45, 2.75) is 41.5 Å². The van der Waals surface area contributed by atoms with Crippen LogP contribution >= 0.6 is 12.4 Å². The Bertz CT molecular complexity index is 1600. The molecule has 0 amide bonds. The van der Waals surface area contributed by atoms with Crippen molar-refractivity contribution in [2.24, 2.45) is 0 Å². The van der Waals surface area contributed by atoms with Crippen LogP contribution < -0.4 is 9.80 Å². The van der Waals surface area contributed by atoms with E-state index in [1.165, 1.54) is 75.5 Å². The van der Waals surface area contributed by atoms with Crippen molar-refractivity contribution in [3.8, 4) is 0 Å². The smallest absolute Gasteiger partial charge is 0.147 e. The predicted molar refractivity (Wildman–Crippen MR) is 172 cm³/mol. The van der Waals surface area contributed by atoms with Crippen LogP contribution in [-0.4, -0.2) is 21.6 Å². The summed E-state index contributed by atoms with van der Waals surface area (Å²) in [6.45, 7) is 15.5. The number of rotatable bonds is 3. The summed E-state index contributed by atoms with van der Waals surface area (Å²) in [4.78, 5) is 5.29. The van der Waals surface area contributed by atoms with Crippen LogP contribution in [0.5, 0.6) is 0 Å². The topological polar surface area (TPSA) is 6.48 Å². The fourth-order valence-electron chi connectivity index (χ4n) is 6.43. The number of hydrogen-bond donors (Lipinski definition) is 0. The van der Waals surface area contributed by atoms with Gasteiger partial charge in [-0.2, -0.15) is 0 Å². The molecule has 206 valence electrons. The van der Waals surface area contributed by atoms with Crippen molar-refractivity contribution in [1.29, 1.82) is 0 Å². The van der Waals surface area contributed by atoms with E-state index in [1.54, 1.807) is 0 Å². The number of hydrogen-bond acceptors (Lipinski definition) is 2. The Morgan fingerprint density at radius 1 is 0.575 bits per heavy atom. The first-order valence-corrected chi connectivity index (χ1v) is 15.5. The van der Waals surface area contributed by atoms with E-state index in [0.717, 1.165) is 13.1 Å². The maximum Gasteiger partial charge on any atom is -0.147 e. The minimum atomic E-state index is -0.233. The summed E-state index contributed by atoms with van der Waals surface area (Å²) in [5, 5.41) is 0. The minimum absolute atomic E-state index is 0. The third-order valence-corrected chi connectivity index (χ3v) is 10.3. The van der Waals surface area contributed by atoms with E-state index < -0.39 is 0 Å². The molecule has 0 aromatic heterocycles. The third-order valence-electron chi connectivity index (χ3n) is 7.78. The van der Waals surface area contributed by atoms with Crippen molar-refractivity contribution < 1.29 is 16.2 Å². The fourth-order valence-corrected chi connectivity index (χ4v) is 9.09. The van der Waals surface area contributed by atoms with Crippen molar-refractivity contribution in [3.63, 3.8) is 0 Å². The van der Waals surface area contributed by atoms with E-state index in [9.17, 15) is 0 Å². The Hall–Kier alpha value is -3.13. The zero-order valence-corrected chi connectivity index (χ0v) is 26.7. The van der Waals surface area contributed by atoms with E-state index >= 15 is 0 Å². The quantitative estimate of drug-likeness (QED) is 0.210. The number of benzene rings is 4. The Kier molecular flexibility index (Phi) is 8.09. The molecule has 0 bridgehead atoms. The normalized spacial score (nSPS) is 14.4. The van der Waals surface area contributed by atoms with Gasteiger partial charge in [0.15, 0.2) is 0 Å². The van der Waals surface area contributed by atoms with Crippen molar-refractivity contribution in [1.82, 2.24) is 0 Å². The van der Waals surface area contributed by atoms with Crippen LogP contribution in [0.2, 0.25) is 0 Å². The van der Waals surface area contributed by atoms with Crippen LogP contribution in [0.4, 0.5) is 11.4 Å². The summed E-state index contributed by atoms with van der Waals surface area (Å²) in [6.07, 6.45) is 2.48. The van der Waals surface area contributed by atoms with Crippen LogP contribution in [0.3, 0.4) is 0 Å². The van der Waals surface area contributed by atoms with Gasteiger partial charge in [0.2, 0.25) is 0 Å². The molecule has 4 heteroatoms. The van der Waals surface area contributed by atoms with Gasteiger partial charge in [-0.25, -0.2) is 0 Å². The second-order valence-electron chi connectivity index (χ2n) is 10.9. The Morgan fingerprint density at radius 2 is 1.02 bits per heavy atom. The Morgan fingerprint density at radius 3 is 1.52 bits per heavy atom. The van der Waals surface area contributed by atoms with Gasteiger partial charge in [0.25, 0.3) is 0 Å². The first-order chi connectivity index (χ1) is 18.8. The predicted octanol–water partition coefficient (Wildman–Crippen LogP) is 8.12. The van der Waals surface area contributed by atoms with Crippen LogP contribution in [-0.2, 0) is 16.2 Å². The molecule has 0 unspecified atom stereocenters. The van der Waals surface area contributed by atoms with Crippen LogP contribution in [0, 0.1) is 41.5 Å². The van der Waals surface area contributed by atoms with Gasteiger partial charge in [0.1, 0.15) is 0 Å². The molecule has 40 heavy (non-hydrogen) atoms. The number of aryl methyl sites for hydroxylation is 6. The van der Waals surface area contributed by atoms with Gasteiger partial charge >= 0.3 is 241 Å². The van der Waals surface area contributed by atoms with Crippen LogP contribution in [0.15, 0.2) is 84.9 Å². The summed E-state index contributed by atoms with van der Waals surface area (Å²) in [5.74, 6) is 0. The number of nitrogens with zero attached hydrogens (tertiary/aromatic N) is 2. The molecule has 1 heterocycles. The molecular formula is C36H37ClN2Ru. The second-order valence-corrected chi connectivity index (χ2v) is 13.1. The molecule has 1 aliphatic carbocycles. The molecule has 1 saturated heterocycles. The summed E-state index contributed by atoms with van der Waals surface area (Å²) in [6, 6.07) is 29.2. The number of anilines is 2. The largest absolute Gasteiger partial charge is 0.147 e.